The lowest BCUT2D eigenvalue weighted by Crippen LogP contribution is -2.06. The van der Waals surface area contributed by atoms with Gasteiger partial charge in [0.25, 0.3) is 0 Å². The Kier molecular flexibility index (Phi) is 4.86. The van der Waals surface area contributed by atoms with Crippen molar-refractivity contribution in [2.45, 2.75) is 17.2 Å². The SMILES string of the molecule is O=S(=O)(Cc1ccc(CNc2ncccn2)cc1)c1ccccc1. The first-order valence-electron chi connectivity index (χ1n) is 7.50. The largest absolute Gasteiger partial charge is 0.350 e. The highest BCUT2D eigenvalue weighted by Gasteiger charge is 2.14. The highest BCUT2D eigenvalue weighted by Crippen LogP contribution is 2.16. The van der Waals surface area contributed by atoms with E-state index in [1.54, 1.807) is 48.8 Å². The predicted molar refractivity (Wildman–Crippen MR) is 93.1 cm³/mol. The predicted octanol–water partition coefficient (Wildman–Crippen LogP) is 3.06. The van der Waals surface area contributed by atoms with Gasteiger partial charge in [-0.25, -0.2) is 18.4 Å². The molecule has 0 fully saturated rings. The minimum Gasteiger partial charge on any atom is -0.350 e. The van der Waals surface area contributed by atoms with Crippen molar-refractivity contribution in [3.63, 3.8) is 0 Å². The van der Waals surface area contributed by atoms with Gasteiger partial charge >= 0.3 is 0 Å². The van der Waals surface area contributed by atoms with Crippen LogP contribution in [0.4, 0.5) is 5.95 Å². The Morgan fingerprint density at radius 2 is 1.42 bits per heavy atom. The van der Waals surface area contributed by atoms with Gasteiger partial charge in [0.2, 0.25) is 5.95 Å². The van der Waals surface area contributed by atoms with Gasteiger partial charge in [0.05, 0.1) is 10.6 Å². The summed E-state index contributed by atoms with van der Waals surface area (Å²) in [7, 11) is -3.32. The molecule has 6 heteroatoms. The van der Waals surface area contributed by atoms with E-state index >= 15 is 0 Å². The maximum Gasteiger partial charge on any atom is 0.222 e. The molecule has 0 aliphatic rings. The molecule has 0 aliphatic heterocycles. The highest BCUT2D eigenvalue weighted by atomic mass is 32.2. The highest BCUT2D eigenvalue weighted by molar-refractivity contribution is 7.90. The molecule has 5 nitrogen and oxygen atoms in total. The van der Waals surface area contributed by atoms with Crippen LogP contribution in [0.15, 0.2) is 78.0 Å². The average Bonchev–Trinajstić information content (AvgIpc) is 2.62. The van der Waals surface area contributed by atoms with Gasteiger partial charge in [-0.1, -0.05) is 42.5 Å². The normalized spacial score (nSPS) is 11.2. The molecule has 1 heterocycles. The summed E-state index contributed by atoms with van der Waals surface area (Å²) in [4.78, 5) is 8.53. The lowest BCUT2D eigenvalue weighted by Gasteiger charge is -2.07. The number of aromatic nitrogens is 2. The van der Waals surface area contributed by atoms with Crippen LogP contribution < -0.4 is 5.32 Å². The van der Waals surface area contributed by atoms with Crippen molar-refractivity contribution in [2.24, 2.45) is 0 Å². The van der Waals surface area contributed by atoms with Gasteiger partial charge in [-0.05, 0) is 29.3 Å². The van der Waals surface area contributed by atoms with Gasteiger partial charge in [0.15, 0.2) is 9.84 Å². The zero-order valence-electron chi connectivity index (χ0n) is 13.0. The third-order valence-electron chi connectivity index (χ3n) is 3.50. The molecule has 0 saturated heterocycles. The minimum absolute atomic E-state index is 0.00742. The van der Waals surface area contributed by atoms with E-state index in [0.29, 0.717) is 17.4 Å². The van der Waals surface area contributed by atoms with Crippen LogP contribution in [0.1, 0.15) is 11.1 Å². The van der Waals surface area contributed by atoms with Gasteiger partial charge in [-0.3, -0.25) is 0 Å². The molecule has 0 aliphatic carbocycles. The summed E-state index contributed by atoms with van der Waals surface area (Å²) in [6.45, 7) is 0.579. The van der Waals surface area contributed by atoms with E-state index < -0.39 is 9.84 Å². The number of nitrogens with zero attached hydrogens (tertiary/aromatic N) is 2. The van der Waals surface area contributed by atoms with Crippen molar-refractivity contribution >= 4 is 15.8 Å². The molecule has 3 aromatic rings. The van der Waals surface area contributed by atoms with Crippen molar-refractivity contribution in [1.29, 1.82) is 0 Å². The first-order chi connectivity index (χ1) is 11.6. The molecule has 122 valence electrons. The average molecular weight is 339 g/mol. The van der Waals surface area contributed by atoms with E-state index in [0.717, 1.165) is 11.1 Å². The van der Waals surface area contributed by atoms with Crippen molar-refractivity contribution in [1.82, 2.24) is 9.97 Å². The Morgan fingerprint density at radius 3 is 2.08 bits per heavy atom. The molecule has 0 atom stereocenters. The summed E-state index contributed by atoms with van der Waals surface area (Å²) < 4.78 is 24.7. The summed E-state index contributed by atoms with van der Waals surface area (Å²) in [5.41, 5.74) is 1.79. The summed E-state index contributed by atoms with van der Waals surface area (Å²) in [6.07, 6.45) is 3.35. The molecular formula is C18H17N3O2S. The van der Waals surface area contributed by atoms with Crippen LogP contribution in [0.25, 0.3) is 0 Å². The lowest BCUT2D eigenvalue weighted by molar-refractivity contribution is 0.595. The van der Waals surface area contributed by atoms with Gasteiger partial charge < -0.3 is 5.32 Å². The molecule has 0 amide bonds. The number of benzene rings is 2. The molecule has 0 saturated carbocycles. The second-order valence-corrected chi connectivity index (χ2v) is 7.30. The Bertz CT molecular complexity index is 881. The van der Waals surface area contributed by atoms with E-state index in [-0.39, 0.29) is 5.75 Å². The zero-order chi connectivity index (χ0) is 16.8. The maximum atomic E-state index is 12.4. The third kappa shape index (κ3) is 4.17. The molecule has 0 unspecified atom stereocenters. The number of anilines is 1. The van der Waals surface area contributed by atoms with E-state index in [1.165, 1.54) is 0 Å². The van der Waals surface area contributed by atoms with Gasteiger partial charge in [0.1, 0.15) is 0 Å². The zero-order valence-corrected chi connectivity index (χ0v) is 13.8. The van der Waals surface area contributed by atoms with E-state index in [1.807, 2.05) is 24.3 Å². The molecule has 3 rings (SSSR count). The van der Waals surface area contributed by atoms with Crippen LogP contribution in [0, 0.1) is 0 Å². The third-order valence-corrected chi connectivity index (χ3v) is 5.20. The second-order valence-electron chi connectivity index (χ2n) is 5.31. The quantitative estimate of drug-likeness (QED) is 0.747. The van der Waals surface area contributed by atoms with E-state index in [2.05, 4.69) is 15.3 Å². The Labute approximate surface area is 141 Å². The Morgan fingerprint density at radius 1 is 0.792 bits per heavy atom. The van der Waals surface area contributed by atoms with Crippen molar-refractivity contribution < 1.29 is 8.42 Å². The molecule has 24 heavy (non-hydrogen) atoms. The van der Waals surface area contributed by atoms with Crippen molar-refractivity contribution in [3.05, 3.63) is 84.2 Å². The van der Waals surface area contributed by atoms with Crippen LogP contribution in [-0.4, -0.2) is 18.4 Å². The molecule has 1 aromatic heterocycles. The number of hydrogen-bond donors (Lipinski definition) is 1. The van der Waals surface area contributed by atoms with Crippen LogP contribution in [-0.2, 0) is 22.1 Å². The smallest absolute Gasteiger partial charge is 0.222 e. The Balaban J connectivity index is 1.64. The van der Waals surface area contributed by atoms with Crippen LogP contribution in [0.2, 0.25) is 0 Å². The first-order valence-corrected chi connectivity index (χ1v) is 9.15. The van der Waals surface area contributed by atoms with E-state index in [9.17, 15) is 8.42 Å². The summed E-state index contributed by atoms with van der Waals surface area (Å²) in [5.74, 6) is 0.556. The molecule has 2 aromatic carbocycles. The second kappa shape index (κ2) is 7.23. The summed E-state index contributed by atoms with van der Waals surface area (Å²) in [5, 5.41) is 3.11. The Hall–Kier alpha value is -2.73. The topological polar surface area (TPSA) is 72.0 Å². The fraction of sp³-hybridized carbons (Fsp3) is 0.111. The molecule has 0 spiro atoms. The van der Waals surface area contributed by atoms with Gasteiger partial charge in [0, 0.05) is 18.9 Å². The molecular weight excluding hydrogens is 322 g/mol. The number of nitrogens with one attached hydrogen (secondary N) is 1. The van der Waals surface area contributed by atoms with Crippen molar-refractivity contribution in [3.8, 4) is 0 Å². The standard InChI is InChI=1S/C18H17N3O2S/c22-24(23,17-5-2-1-3-6-17)14-16-9-7-15(8-10-16)13-21-18-19-11-4-12-20-18/h1-12H,13-14H2,(H,19,20,21). The molecule has 0 bridgehead atoms. The minimum atomic E-state index is -3.32. The number of hydrogen-bond acceptors (Lipinski definition) is 5. The van der Waals surface area contributed by atoms with Gasteiger partial charge in [-0.2, -0.15) is 0 Å². The summed E-state index contributed by atoms with van der Waals surface area (Å²) >= 11 is 0. The molecule has 0 radical (unpaired) electrons. The maximum absolute atomic E-state index is 12.4. The van der Waals surface area contributed by atoms with Crippen LogP contribution >= 0.6 is 0 Å². The summed E-state index contributed by atoms with van der Waals surface area (Å²) in [6, 6.07) is 17.7. The number of sulfone groups is 1. The van der Waals surface area contributed by atoms with E-state index in [4.69, 9.17) is 0 Å². The van der Waals surface area contributed by atoms with Gasteiger partial charge in [-0.15, -0.1) is 0 Å². The fourth-order valence-electron chi connectivity index (χ4n) is 2.26. The fourth-order valence-corrected chi connectivity index (χ4v) is 3.63. The number of rotatable bonds is 6. The van der Waals surface area contributed by atoms with Crippen molar-refractivity contribution in [2.75, 3.05) is 5.32 Å². The molecule has 1 N–H and O–H groups in total. The van der Waals surface area contributed by atoms with Crippen LogP contribution in [0.3, 0.4) is 0 Å². The van der Waals surface area contributed by atoms with Crippen LogP contribution in [0.5, 0.6) is 0 Å². The monoisotopic (exact) mass is 339 g/mol. The first kappa shape index (κ1) is 16.1. The lowest BCUT2D eigenvalue weighted by atomic mass is 10.1.